The number of nitrogens with one attached hydrogen (secondary N) is 14. The number of carbonyl (C=O) groups is 4. The predicted molar refractivity (Wildman–Crippen MR) is 469 cm³/mol. The van der Waals surface area contributed by atoms with Crippen LogP contribution in [0, 0.1) is 13.8 Å². The molecule has 0 aliphatic carbocycles. The van der Waals surface area contributed by atoms with Crippen LogP contribution in [0.15, 0.2) is 181 Å². The number of hydrogen-bond acceptors (Lipinski definition) is 29. The molecule has 8 rings (SSSR count). The zero-order valence-corrected chi connectivity index (χ0v) is 73.4. The highest BCUT2D eigenvalue weighted by Crippen LogP contribution is 2.42. The van der Waals surface area contributed by atoms with Crippen LogP contribution in [0.25, 0.3) is 24.3 Å². The third-order valence-corrected chi connectivity index (χ3v) is 22.8. The second-order valence-electron chi connectivity index (χ2n) is 24.3. The highest BCUT2D eigenvalue weighted by molar-refractivity contribution is 9.11. The van der Waals surface area contributed by atoms with Crippen molar-refractivity contribution in [1.82, 2.24) is 43.2 Å². The van der Waals surface area contributed by atoms with Crippen LogP contribution in [0.3, 0.4) is 0 Å². The van der Waals surface area contributed by atoms with Crippen molar-refractivity contribution in [1.29, 1.82) is 0 Å². The van der Waals surface area contributed by atoms with Crippen LogP contribution in [0.5, 0.6) is 23.0 Å². The van der Waals surface area contributed by atoms with Crippen molar-refractivity contribution in [2.45, 2.75) is 45.5 Å². The summed E-state index contributed by atoms with van der Waals surface area (Å²) >= 11 is 33.6. The summed E-state index contributed by atoms with van der Waals surface area (Å²) < 4.78 is 157. The molecule has 2 atom stereocenters. The molecule has 2 unspecified atom stereocenters. The topological polar surface area (TPSA) is 580 Å². The number of aromatic hydroxyl groups is 4. The van der Waals surface area contributed by atoms with E-state index in [-0.39, 0.29) is 132 Å². The minimum atomic E-state index is -5.29. The number of rotatable bonds is 30. The van der Waals surface area contributed by atoms with Gasteiger partial charge in [0.1, 0.15) is 72.4 Å². The van der Waals surface area contributed by atoms with Gasteiger partial charge in [0.05, 0.1) is 54.2 Å². The highest BCUT2D eigenvalue weighted by atomic mass is 79.9. The second kappa shape index (κ2) is 42.0. The summed E-state index contributed by atoms with van der Waals surface area (Å²) in [4.78, 5) is 50.6. The monoisotopic (exact) mass is 2030 g/mol. The number of carbonyl (C=O) groups excluding carboxylic acids is 4. The molecule has 0 bridgehead atoms. The Bertz CT molecular complexity index is 5570. The number of hydrazone groups is 2. The molecular formula is C70H62Br4N16O21S8-4. The van der Waals surface area contributed by atoms with E-state index >= 15 is 0 Å². The lowest BCUT2D eigenvalue weighted by Gasteiger charge is -2.19. The average Bonchev–Trinajstić information content (AvgIpc) is 0.807. The molecule has 0 radical (unpaired) electrons. The minimum absolute atomic E-state index is 0.0238. The lowest BCUT2D eigenvalue weighted by atomic mass is 10.1. The maximum atomic E-state index is 13.5. The van der Waals surface area contributed by atoms with Gasteiger partial charge in [-0.3, -0.25) is 40.9 Å². The van der Waals surface area contributed by atoms with E-state index in [0.29, 0.717) is 11.4 Å². The van der Waals surface area contributed by atoms with E-state index < -0.39 is 107 Å². The van der Waals surface area contributed by atoms with Gasteiger partial charge in [0.25, 0.3) is 23.6 Å². The largest absolute Gasteiger partial charge is 0.744 e. The van der Waals surface area contributed by atoms with E-state index in [4.69, 9.17) is 53.6 Å². The molecule has 0 saturated carbocycles. The molecule has 8 aromatic carbocycles. The smallest absolute Gasteiger partial charge is 0.272 e. The molecule has 0 heterocycles. The molecule has 0 spiro atoms. The van der Waals surface area contributed by atoms with E-state index in [0.717, 1.165) is 84.3 Å². The lowest BCUT2D eigenvalue weighted by Crippen LogP contribution is -2.54. The Morgan fingerprint density at radius 3 is 0.958 bits per heavy atom. The number of anilines is 6. The normalized spacial score (nSPS) is 12.3. The van der Waals surface area contributed by atoms with Gasteiger partial charge in [-0.2, -0.15) is 10.2 Å². The zero-order chi connectivity index (χ0) is 87.4. The third-order valence-electron chi connectivity index (χ3n) is 15.6. The Morgan fingerprint density at radius 1 is 0.395 bits per heavy atom. The van der Waals surface area contributed by atoms with Gasteiger partial charge in [0.2, 0.25) is 0 Å². The molecule has 0 saturated heterocycles. The SMILES string of the molecule is Cc1ccc(NC(C(=O)N/N=C\c2cc(Br)c(O)c(Br)c2O)C(=O)NNC(=S)Nc2ccc(/C=C/c3ccc(NC(=S)NCCOCCNC(=S)Nc4ccc(/C=C/c5ccc(NC(=S)NNC(=O)C(Nc6ccc(C)cc6)C(=O)N/N=C\c6cc(Br)c(O)c(Br)c6O)cc5S(=O)(=O)[O-])c(S(=O)(=O)[O-])c4)cc3S(=O)(=O)[O-])c(S(=O)(=O)[O-])c2)cc1. The average molecular weight is 2040 g/mol. The first-order valence-electron chi connectivity index (χ1n) is 33.2. The number of hydrogen-bond donors (Lipinski definition) is 18. The number of nitrogens with zero attached hydrogens (tertiary/aromatic N) is 2. The molecular weight excluding hydrogens is 1980 g/mol. The summed E-state index contributed by atoms with van der Waals surface area (Å²) in [5.74, 6) is -5.46. The van der Waals surface area contributed by atoms with Gasteiger partial charge < -0.3 is 85.9 Å². The molecule has 119 heavy (non-hydrogen) atoms. The summed E-state index contributed by atoms with van der Waals surface area (Å²) in [7, 11) is -21.1. The first-order chi connectivity index (χ1) is 55.9. The molecule has 37 nitrogen and oxygen atoms in total. The van der Waals surface area contributed by atoms with Crippen molar-refractivity contribution in [2.24, 2.45) is 10.2 Å². The number of amides is 4. The Morgan fingerprint density at radius 2 is 0.672 bits per heavy atom. The van der Waals surface area contributed by atoms with Crippen LogP contribution < -0.4 is 75.1 Å². The van der Waals surface area contributed by atoms with Crippen molar-refractivity contribution in [3.8, 4) is 23.0 Å². The van der Waals surface area contributed by atoms with E-state index in [2.05, 4.69) is 149 Å². The Balaban J connectivity index is 0.793. The maximum absolute atomic E-state index is 13.5. The fraction of sp³-hybridized carbons (Fsp3) is 0.114. The first-order valence-corrected chi connectivity index (χ1v) is 43.7. The predicted octanol–water partition coefficient (Wildman–Crippen LogP) is 7.32. The molecule has 0 aromatic heterocycles. The van der Waals surface area contributed by atoms with Crippen LogP contribution in [-0.4, -0.2) is 167 Å². The van der Waals surface area contributed by atoms with Crippen LogP contribution in [0.4, 0.5) is 34.1 Å². The zero-order valence-electron chi connectivity index (χ0n) is 60.6. The molecule has 0 fully saturated rings. The summed E-state index contributed by atoms with van der Waals surface area (Å²) in [6.07, 6.45) is 6.36. The molecule has 18 N–H and O–H groups in total. The number of halogens is 4. The fourth-order valence-corrected chi connectivity index (χ4v) is 15.7. The van der Waals surface area contributed by atoms with E-state index in [1.807, 2.05) is 13.8 Å². The number of aryl methyl sites for hydroxylation is 2. The molecule has 628 valence electrons. The van der Waals surface area contributed by atoms with Crippen LogP contribution >= 0.6 is 113 Å². The third kappa shape index (κ3) is 27.8. The number of benzene rings is 8. The van der Waals surface area contributed by atoms with Gasteiger partial charge in [-0.1, -0.05) is 84.0 Å². The minimum Gasteiger partial charge on any atom is -0.744 e. The Labute approximate surface area is 733 Å². The van der Waals surface area contributed by atoms with Crippen molar-refractivity contribution in [3.63, 3.8) is 0 Å². The van der Waals surface area contributed by atoms with E-state index in [9.17, 15) is 91.5 Å². The summed E-state index contributed by atoms with van der Waals surface area (Å²) in [6.45, 7) is 3.84. The fourth-order valence-electron chi connectivity index (χ4n) is 9.88. The van der Waals surface area contributed by atoms with E-state index in [1.54, 1.807) is 48.5 Å². The summed E-state index contributed by atoms with van der Waals surface area (Å²) in [5.41, 5.74) is 15.0. The van der Waals surface area contributed by atoms with Crippen molar-refractivity contribution in [3.05, 3.63) is 196 Å². The summed E-state index contributed by atoms with van der Waals surface area (Å²) in [6, 6.07) is 26.0. The highest BCUT2D eigenvalue weighted by Gasteiger charge is 2.30. The van der Waals surface area contributed by atoms with Gasteiger partial charge in [0.15, 0.2) is 32.5 Å². The number of phenols is 4. The van der Waals surface area contributed by atoms with Gasteiger partial charge in [-0.05, 0) is 234 Å². The lowest BCUT2D eigenvalue weighted by molar-refractivity contribution is -0.132. The van der Waals surface area contributed by atoms with Gasteiger partial charge in [-0.25, -0.2) is 44.5 Å². The summed E-state index contributed by atoms with van der Waals surface area (Å²) in [5, 5.41) is 69.5. The number of thiocarbonyl (C=S) groups is 4. The van der Waals surface area contributed by atoms with Gasteiger partial charge in [0, 0.05) is 58.3 Å². The molecule has 0 aliphatic heterocycles. The molecule has 0 aliphatic rings. The van der Waals surface area contributed by atoms with E-state index in [1.165, 1.54) is 48.5 Å². The van der Waals surface area contributed by atoms with Crippen LogP contribution in [0.2, 0.25) is 0 Å². The Kier molecular flexibility index (Phi) is 33.2. The van der Waals surface area contributed by atoms with Crippen molar-refractivity contribution < 1.29 is 96.2 Å². The Hall–Kier alpha value is -10.5. The molecule has 8 aromatic rings. The van der Waals surface area contributed by atoms with Crippen molar-refractivity contribution >= 4 is 268 Å². The number of hydrazine groups is 2. The molecule has 49 heteroatoms. The number of phenolic OH excluding ortho intramolecular Hbond substituents is 4. The second-order valence-corrected chi connectivity index (χ2v) is 34.6. The van der Waals surface area contributed by atoms with Gasteiger partial charge in [-0.15, -0.1) is 0 Å². The maximum Gasteiger partial charge on any atom is 0.272 e. The standard InChI is InChI=1S/C70H66Br4N16O21S8/c1-35-3-15-43(16-4-35)79-57(63(95)85-77-33-41-27-49(71)61(93)55(73)59(41)91)65(97)87-89-69(114)83-47-21-13-39(53(31-47)118(105,106)107)9-7-37-11-19-45(29-51(37)116(99,100)101)81-67(112)75-23-25-111-26-24-76-68(113)82-46-20-12-38(52(30-46)117(102,103)104)8-10-40-14-22-48(32-54(40)119(108,109)110)84-70(115)90-88-66(98)58(80-44-17-5-36(2)6-18-44)64(96)86-78-34-42-28-50(72)62(94)56(74)60(42)92/h3-22,27-34,57-58,79-80,91-94H,23-26H2,1-2H3,(H,85,95)(H,86,96)(H,87,97)(H,88,98)(H2,75,81,112)(H2,76,82,113)(H2,83,89,114)(H2,84,90,115)(H,99,100,101)(H,102,103,104)(H,105,106,107)(H,108,109,110)/p-4/b9-7+,10-8+,77-33-,78-34-. The first kappa shape index (κ1) is 94.0. The molecule has 4 amide bonds. The van der Waals surface area contributed by atoms with Crippen molar-refractivity contribution in [2.75, 3.05) is 58.2 Å². The quantitative estimate of drug-likeness (QED) is 0.00398. The van der Waals surface area contributed by atoms with Crippen LogP contribution in [-0.2, 0) is 64.4 Å². The van der Waals surface area contributed by atoms with Gasteiger partial charge >= 0.3 is 0 Å². The van der Waals surface area contributed by atoms with Crippen LogP contribution in [0.1, 0.15) is 44.5 Å². The number of ether oxygens (including phenoxy) is 1.